The summed E-state index contributed by atoms with van der Waals surface area (Å²) >= 11 is 2.09. The summed E-state index contributed by atoms with van der Waals surface area (Å²) in [7, 11) is 0. The number of hydrogen-bond acceptors (Lipinski definition) is 1. The molecule has 2 rings (SSSR count). The lowest BCUT2D eigenvalue weighted by atomic mass is 10.0. The van der Waals surface area contributed by atoms with Gasteiger partial charge in [0, 0.05) is 23.6 Å². The van der Waals surface area contributed by atoms with Gasteiger partial charge in [0.1, 0.15) is 0 Å². The van der Waals surface area contributed by atoms with E-state index in [1.54, 1.807) is 0 Å². The van der Waals surface area contributed by atoms with Crippen LogP contribution >= 0.6 is 11.8 Å². The van der Waals surface area contributed by atoms with Crippen LogP contribution < -0.4 is 5.32 Å². The van der Waals surface area contributed by atoms with Gasteiger partial charge in [-0.15, -0.1) is 0 Å². The van der Waals surface area contributed by atoms with E-state index < -0.39 is 0 Å². The van der Waals surface area contributed by atoms with Crippen molar-refractivity contribution in [2.75, 3.05) is 11.5 Å². The molecular formula is C7H12NS. The van der Waals surface area contributed by atoms with E-state index in [1.807, 2.05) is 0 Å². The van der Waals surface area contributed by atoms with Crippen LogP contribution in [0.2, 0.25) is 0 Å². The molecule has 0 spiro atoms. The van der Waals surface area contributed by atoms with E-state index in [2.05, 4.69) is 17.1 Å². The summed E-state index contributed by atoms with van der Waals surface area (Å²) in [5.41, 5.74) is 0. The van der Waals surface area contributed by atoms with Crippen molar-refractivity contribution in [3.8, 4) is 0 Å². The number of hydrogen-bond donors (Lipinski definition) is 0. The molecule has 2 saturated heterocycles. The smallest absolute Gasteiger partial charge is 0.0340 e. The molecule has 0 aromatic rings. The molecule has 0 aliphatic carbocycles. The second-order valence-electron chi connectivity index (χ2n) is 2.93. The van der Waals surface area contributed by atoms with Gasteiger partial charge in [0.2, 0.25) is 0 Å². The number of rotatable bonds is 0. The minimum absolute atomic E-state index is 0.738. The summed E-state index contributed by atoms with van der Waals surface area (Å²) in [5, 5.41) is 4.67. The molecule has 2 aliphatic heterocycles. The molecule has 0 amide bonds. The Bertz CT molecular complexity index is 85.1. The van der Waals surface area contributed by atoms with Crippen LogP contribution in [0.4, 0.5) is 0 Å². The van der Waals surface area contributed by atoms with E-state index in [4.69, 9.17) is 0 Å². The molecule has 2 aliphatic rings. The first-order valence-electron chi connectivity index (χ1n) is 3.73. The molecule has 51 valence electrons. The summed E-state index contributed by atoms with van der Waals surface area (Å²) in [4.78, 5) is 0. The summed E-state index contributed by atoms with van der Waals surface area (Å²) in [6, 6.07) is 1.48. The van der Waals surface area contributed by atoms with Crippen molar-refractivity contribution in [1.29, 1.82) is 0 Å². The SMILES string of the molecule is C1CC2CSCC(C1)[N]2. The van der Waals surface area contributed by atoms with Crippen molar-refractivity contribution in [3.63, 3.8) is 0 Å². The first kappa shape index (κ1) is 6.05. The second-order valence-corrected chi connectivity index (χ2v) is 4.00. The molecule has 0 aromatic carbocycles. The summed E-state index contributed by atoms with van der Waals surface area (Å²) in [6.45, 7) is 0. The van der Waals surface area contributed by atoms with Crippen molar-refractivity contribution < 1.29 is 0 Å². The number of fused-ring (bicyclic) bond motifs is 2. The minimum Gasteiger partial charge on any atom is -0.233 e. The lowest BCUT2D eigenvalue weighted by Gasteiger charge is -2.33. The lowest BCUT2D eigenvalue weighted by Crippen LogP contribution is -2.43. The first-order chi connectivity index (χ1) is 4.45. The summed E-state index contributed by atoms with van der Waals surface area (Å²) < 4.78 is 0. The van der Waals surface area contributed by atoms with Crippen LogP contribution in [0.25, 0.3) is 0 Å². The van der Waals surface area contributed by atoms with Crippen molar-refractivity contribution in [3.05, 3.63) is 0 Å². The van der Waals surface area contributed by atoms with Crippen molar-refractivity contribution in [1.82, 2.24) is 5.32 Å². The van der Waals surface area contributed by atoms with Crippen LogP contribution in [0.1, 0.15) is 19.3 Å². The first-order valence-corrected chi connectivity index (χ1v) is 4.88. The van der Waals surface area contributed by atoms with E-state index in [0.717, 1.165) is 12.1 Å². The third kappa shape index (κ3) is 1.24. The summed E-state index contributed by atoms with van der Waals surface area (Å²) in [5.74, 6) is 2.60. The molecule has 2 heterocycles. The Balaban J connectivity index is 1.96. The highest BCUT2D eigenvalue weighted by molar-refractivity contribution is 7.99. The van der Waals surface area contributed by atoms with E-state index in [-0.39, 0.29) is 0 Å². The number of piperidine rings is 1. The zero-order valence-electron chi connectivity index (χ0n) is 5.55. The Morgan fingerprint density at radius 1 is 1.11 bits per heavy atom. The normalized spacial score (nSPS) is 42.7. The zero-order chi connectivity index (χ0) is 6.10. The van der Waals surface area contributed by atoms with Gasteiger partial charge in [0.05, 0.1) is 0 Å². The fourth-order valence-electron chi connectivity index (χ4n) is 1.63. The molecule has 2 heteroatoms. The maximum Gasteiger partial charge on any atom is 0.0340 e. The molecule has 2 atom stereocenters. The van der Waals surface area contributed by atoms with Crippen molar-refractivity contribution >= 4 is 11.8 Å². The predicted octanol–water partition coefficient (Wildman–Crippen LogP) is 1.26. The van der Waals surface area contributed by atoms with Gasteiger partial charge < -0.3 is 0 Å². The highest BCUT2D eigenvalue weighted by Crippen LogP contribution is 2.25. The Kier molecular flexibility index (Phi) is 1.68. The van der Waals surface area contributed by atoms with Crippen molar-refractivity contribution in [2.45, 2.75) is 31.3 Å². The maximum atomic E-state index is 4.67. The predicted molar refractivity (Wildman–Crippen MR) is 40.9 cm³/mol. The van der Waals surface area contributed by atoms with Crippen LogP contribution in [-0.4, -0.2) is 23.6 Å². The summed E-state index contributed by atoms with van der Waals surface area (Å²) in [6.07, 6.45) is 4.16. The molecule has 1 radical (unpaired) electrons. The Hall–Kier alpha value is 0.310. The van der Waals surface area contributed by atoms with Gasteiger partial charge in [-0.3, -0.25) is 0 Å². The highest BCUT2D eigenvalue weighted by Gasteiger charge is 2.26. The van der Waals surface area contributed by atoms with Crippen LogP contribution in [0.3, 0.4) is 0 Å². The molecular weight excluding hydrogens is 130 g/mol. The molecule has 2 fully saturated rings. The fraction of sp³-hybridized carbons (Fsp3) is 1.00. The number of nitrogens with zero attached hydrogens (tertiary/aromatic N) is 1. The van der Waals surface area contributed by atoms with Crippen molar-refractivity contribution in [2.24, 2.45) is 0 Å². The fourth-order valence-corrected chi connectivity index (χ4v) is 2.81. The average Bonchev–Trinajstić information content (AvgIpc) is 1.88. The van der Waals surface area contributed by atoms with Gasteiger partial charge in [-0.25, -0.2) is 5.32 Å². The maximum absolute atomic E-state index is 4.67. The molecule has 2 unspecified atom stereocenters. The second kappa shape index (κ2) is 2.51. The van der Waals surface area contributed by atoms with Crippen LogP contribution in [-0.2, 0) is 0 Å². The molecule has 2 bridgehead atoms. The monoisotopic (exact) mass is 142 g/mol. The Morgan fingerprint density at radius 2 is 1.78 bits per heavy atom. The highest BCUT2D eigenvalue weighted by atomic mass is 32.2. The van der Waals surface area contributed by atoms with Crippen LogP contribution in [0, 0.1) is 0 Å². The Morgan fingerprint density at radius 3 is 2.33 bits per heavy atom. The quantitative estimate of drug-likeness (QED) is 0.496. The van der Waals surface area contributed by atoms with Gasteiger partial charge in [0.15, 0.2) is 0 Å². The molecule has 0 saturated carbocycles. The average molecular weight is 142 g/mol. The number of thioether (sulfide) groups is 1. The largest absolute Gasteiger partial charge is 0.233 e. The van der Waals surface area contributed by atoms with E-state index in [9.17, 15) is 0 Å². The zero-order valence-corrected chi connectivity index (χ0v) is 6.36. The molecule has 0 aromatic heterocycles. The topological polar surface area (TPSA) is 14.1 Å². The standard InChI is InChI=1S/C7H12NS/c1-2-6-4-9-5-7(3-1)8-6/h6-7H,1-5H2. The van der Waals surface area contributed by atoms with Gasteiger partial charge in [-0.2, -0.15) is 11.8 Å². The molecule has 1 nitrogen and oxygen atoms in total. The third-order valence-corrected chi connectivity index (χ3v) is 3.36. The van der Waals surface area contributed by atoms with Crippen LogP contribution in [0.15, 0.2) is 0 Å². The molecule has 9 heavy (non-hydrogen) atoms. The van der Waals surface area contributed by atoms with E-state index in [1.165, 1.54) is 30.8 Å². The van der Waals surface area contributed by atoms with Crippen LogP contribution in [0.5, 0.6) is 0 Å². The van der Waals surface area contributed by atoms with E-state index in [0.29, 0.717) is 0 Å². The van der Waals surface area contributed by atoms with Gasteiger partial charge in [-0.05, 0) is 12.8 Å². The van der Waals surface area contributed by atoms with Gasteiger partial charge >= 0.3 is 0 Å². The van der Waals surface area contributed by atoms with Gasteiger partial charge in [0.25, 0.3) is 0 Å². The Labute approximate surface area is 60.6 Å². The van der Waals surface area contributed by atoms with E-state index >= 15 is 0 Å². The minimum atomic E-state index is 0.738. The lowest BCUT2D eigenvalue weighted by molar-refractivity contribution is 0.342. The third-order valence-electron chi connectivity index (χ3n) is 2.12. The van der Waals surface area contributed by atoms with Gasteiger partial charge in [-0.1, -0.05) is 6.42 Å². The molecule has 0 N–H and O–H groups in total.